The van der Waals surface area contributed by atoms with Crippen molar-refractivity contribution < 1.29 is 36.9 Å². The van der Waals surface area contributed by atoms with E-state index in [1.54, 1.807) is 18.2 Å². The summed E-state index contributed by atoms with van der Waals surface area (Å²) in [6.45, 7) is 1.29. The Balaban J connectivity index is 1.41. The lowest BCUT2D eigenvalue weighted by Gasteiger charge is -2.31. The highest BCUT2D eigenvalue weighted by atomic mass is 32.2. The zero-order chi connectivity index (χ0) is 24.3. The molecule has 2 aromatic carbocycles. The molecule has 2 heterocycles. The summed E-state index contributed by atoms with van der Waals surface area (Å²) in [6.07, 6.45) is 0.806. The number of carbonyl (C=O) groups is 1. The molecule has 0 aliphatic carbocycles. The second kappa shape index (κ2) is 9.98. The highest BCUT2D eigenvalue weighted by molar-refractivity contribution is 7.89. The minimum absolute atomic E-state index is 0.150. The van der Waals surface area contributed by atoms with Crippen LogP contribution < -0.4 is 29.0 Å². The lowest BCUT2D eigenvalue weighted by atomic mass is 9.97. The summed E-state index contributed by atoms with van der Waals surface area (Å²) in [7, 11) is 0.797. The molecule has 34 heavy (non-hydrogen) atoms. The third kappa shape index (κ3) is 4.71. The summed E-state index contributed by atoms with van der Waals surface area (Å²) in [6, 6.07) is 7.93. The third-order valence-electron chi connectivity index (χ3n) is 5.91. The summed E-state index contributed by atoms with van der Waals surface area (Å²) in [5.41, 5.74) is 0.505. The molecule has 10 nitrogen and oxygen atoms in total. The van der Waals surface area contributed by atoms with Gasteiger partial charge in [0.05, 0.1) is 26.2 Å². The van der Waals surface area contributed by atoms with Gasteiger partial charge < -0.3 is 29.0 Å². The Morgan fingerprint density at radius 3 is 2.15 bits per heavy atom. The number of carbonyl (C=O) groups excluding carboxylic acids is 1. The van der Waals surface area contributed by atoms with Gasteiger partial charge >= 0.3 is 0 Å². The molecule has 11 heteroatoms. The number of methoxy groups -OCH3 is 3. The van der Waals surface area contributed by atoms with Crippen LogP contribution in [0.5, 0.6) is 28.7 Å². The predicted octanol–water partition coefficient (Wildman–Crippen LogP) is 2.52. The normalized spacial score (nSPS) is 16.6. The van der Waals surface area contributed by atoms with Crippen molar-refractivity contribution in [1.29, 1.82) is 0 Å². The number of rotatable bonds is 7. The first-order valence-electron chi connectivity index (χ1n) is 10.9. The second-order valence-electron chi connectivity index (χ2n) is 7.89. The lowest BCUT2D eigenvalue weighted by Crippen LogP contribution is -2.41. The maximum Gasteiger partial charge on any atom is 0.243 e. The van der Waals surface area contributed by atoms with E-state index in [-0.39, 0.29) is 29.8 Å². The molecule has 0 aromatic heterocycles. The molecule has 0 bridgehead atoms. The maximum absolute atomic E-state index is 13.1. The number of piperidine rings is 1. The zero-order valence-electron chi connectivity index (χ0n) is 19.3. The number of hydrogen-bond donors (Lipinski definition) is 1. The van der Waals surface area contributed by atoms with E-state index in [4.69, 9.17) is 23.7 Å². The van der Waals surface area contributed by atoms with Gasteiger partial charge in [-0.05, 0) is 25.0 Å². The fourth-order valence-electron chi connectivity index (χ4n) is 4.09. The summed E-state index contributed by atoms with van der Waals surface area (Å²) in [4.78, 5) is 13.0. The van der Waals surface area contributed by atoms with Crippen molar-refractivity contribution in [3.63, 3.8) is 0 Å². The van der Waals surface area contributed by atoms with Crippen LogP contribution in [0.15, 0.2) is 35.2 Å². The molecule has 4 rings (SSSR count). The Hall–Kier alpha value is -3.18. The van der Waals surface area contributed by atoms with Gasteiger partial charge in [-0.2, -0.15) is 4.31 Å². The van der Waals surface area contributed by atoms with Crippen LogP contribution in [0, 0.1) is 5.92 Å². The van der Waals surface area contributed by atoms with Crippen LogP contribution in [0.4, 0.5) is 5.69 Å². The second-order valence-corrected chi connectivity index (χ2v) is 9.83. The summed E-state index contributed by atoms with van der Waals surface area (Å²) in [5.74, 6) is 1.73. The first kappa shape index (κ1) is 24.0. The Kier molecular flexibility index (Phi) is 7.03. The Morgan fingerprint density at radius 1 is 0.941 bits per heavy atom. The molecule has 1 amide bonds. The van der Waals surface area contributed by atoms with Gasteiger partial charge in [0.25, 0.3) is 0 Å². The minimum atomic E-state index is -3.71. The monoisotopic (exact) mass is 492 g/mol. The average Bonchev–Trinajstić information content (AvgIpc) is 2.87. The Bertz CT molecular complexity index is 1130. The van der Waals surface area contributed by atoms with Gasteiger partial charge in [0, 0.05) is 42.9 Å². The molecule has 2 aliphatic heterocycles. The zero-order valence-corrected chi connectivity index (χ0v) is 20.1. The smallest absolute Gasteiger partial charge is 0.243 e. The van der Waals surface area contributed by atoms with Gasteiger partial charge in [-0.15, -0.1) is 0 Å². The maximum atomic E-state index is 13.1. The van der Waals surface area contributed by atoms with E-state index in [0.717, 1.165) is 0 Å². The van der Waals surface area contributed by atoms with Crippen molar-refractivity contribution in [2.75, 3.05) is 52.9 Å². The molecular weight excluding hydrogens is 464 g/mol. The Morgan fingerprint density at radius 2 is 1.56 bits per heavy atom. The van der Waals surface area contributed by atoms with Crippen LogP contribution in [0.3, 0.4) is 0 Å². The van der Waals surface area contributed by atoms with E-state index < -0.39 is 10.0 Å². The number of anilines is 1. The van der Waals surface area contributed by atoms with Crippen molar-refractivity contribution in [2.45, 2.75) is 17.7 Å². The number of benzene rings is 2. The van der Waals surface area contributed by atoms with Gasteiger partial charge in [-0.1, -0.05) is 0 Å². The number of nitrogens with one attached hydrogen (secondary N) is 1. The average molecular weight is 493 g/mol. The molecule has 0 atom stereocenters. The van der Waals surface area contributed by atoms with Gasteiger partial charge in [0.2, 0.25) is 21.7 Å². The summed E-state index contributed by atoms with van der Waals surface area (Å²) < 4.78 is 54.6. The number of hydrogen-bond acceptors (Lipinski definition) is 8. The number of ether oxygens (including phenoxy) is 5. The van der Waals surface area contributed by atoms with E-state index in [0.29, 0.717) is 60.5 Å². The highest BCUT2D eigenvalue weighted by Gasteiger charge is 2.33. The standard InChI is InChI=1S/C23H28N2O8S/c1-29-20-12-16(13-21(30-2)22(20)31-3)24-23(26)15-6-8-25(9-7-15)34(27,28)17-4-5-18-19(14-17)33-11-10-32-18/h4-5,12-15H,6-11H2,1-3H3,(H,24,26). The topological polar surface area (TPSA) is 113 Å². The third-order valence-corrected chi connectivity index (χ3v) is 7.80. The van der Waals surface area contributed by atoms with E-state index in [1.807, 2.05) is 0 Å². The van der Waals surface area contributed by atoms with Crippen LogP contribution in [-0.4, -0.2) is 66.3 Å². The van der Waals surface area contributed by atoms with Crippen LogP contribution in [0.25, 0.3) is 0 Å². The van der Waals surface area contributed by atoms with Crippen molar-refractivity contribution in [2.24, 2.45) is 5.92 Å². The van der Waals surface area contributed by atoms with Gasteiger partial charge in [0.1, 0.15) is 13.2 Å². The van der Waals surface area contributed by atoms with E-state index in [2.05, 4.69) is 5.32 Å². The fraction of sp³-hybridized carbons (Fsp3) is 0.435. The van der Waals surface area contributed by atoms with Crippen molar-refractivity contribution in [1.82, 2.24) is 4.31 Å². The van der Waals surface area contributed by atoms with Crippen LogP contribution >= 0.6 is 0 Å². The molecule has 2 aliphatic rings. The van der Waals surface area contributed by atoms with E-state index in [1.165, 1.54) is 37.8 Å². The SMILES string of the molecule is COc1cc(NC(=O)C2CCN(S(=O)(=O)c3ccc4c(c3)OCCO4)CC2)cc(OC)c1OC. The van der Waals surface area contributed by atoms with E-state index in [9.17, 15) is 13.2 Å². The Labute approximate surface area is 198 Å². The molecule has 0 saturated carbocycles. The quantitative estimate of drug-likeness (QED) is 0.628. The van der Waals surface area contributed by atoms with Gasteiger partial charge in [-0.25, -0.2) is 8.42 Å². The minimum Gasteiger partial charge on any atom is -0.493 e. The molecular formula is C23H28N2O8S. The number of sulfonamides is 1. The summed E-state index contributed by atoms with van der Waals surface area (Å²) >= 11 is 0. The van der Waals surface area contributed by atoms with Crippen LogP contribution in [0.1, 0.15) is 12.8 Å². The molecule has 1 fully saturated rings. The van der Waals surface area contributed by atoms with Crippen molar-refractivity contribution >= 4 is 21.6 Å². The molecule has 1 N–H and O–H groups in total. The first-order valence-corrected chi connectivity index (χ1v) is 12.3. The lowest BCUT2D eigenvalue weighted by molar-refractivity contribution is -0.120. The fourth-order valence-corrected chi connectivity index (χ4v) is 5.57. The number of fused-ring (bicyclic) bond motifs is 1. The van der Waals surface area contributed by atoms with Crippen molar-refractivity contribution in [3.8, 4) is 28.7 Å². The first-order chi connectivity index (χ1) is 16.4. The van der Waals surface area contributed by atoms with Crippen molar-refractivity contribution in [3.05, 3.63) is 30.3 Å². The van der Waals surface area contributed by atoms with Gasteiger partial charge in [0.15, 0.2) is 23.0 Å². The molecule has 1 saturated heterocycles. The largest absolute Gasteiger partial charge is 0.493 e. The molecule has 0 spiro atoms. The number of nitrogens with zero attached hydrogens (tertiary/aromatic N) is 1. The molecule has 0 unspecified atom stereocenters. The van der Waals surface area contributed by atoms with Crippen LogP contribution in [-0.2, 0) is 14.8 Å². The molecule has 184 valence electrons. The highest BCUT2D eigenvalue weighted by Crippen LogP contribution is 2.40. The number of amides is 1. The molecule has 2 aromatic rings. The van der Waals surface area contributed by atoms with Crippen LogP contribution in [0.2, 0.25) is 0 Å². The molecule has 0 radical (unpaired) electrons. The summed E-state index contributed by atoms with van der Waals surface area (Å²) in [5, 5.41) is 2.88. The predicted molar refractivity (Wildman–Crippen MR) is 124 cm³/mol. The van der Waals surface area contributed by atoms with E-state index >= 15 is 0 Å². The van der Waals surface area contributed by atoms with Gasteiger partial charge in [-0.3, -0.25) is 4.79 Å².